The minimum absolute atomic E-state index is 0.742. The van der Waals surface area contributed by atoms with Crippen LogP contribution in [0.5, 0.6) is 0 Å². The summed E-state index contributed by atoms with van der Waals surface area (Å²) in [7, 11) is 0. The van der Waals surface area contributed by atoms with Crippen molar-refractivity contribution < 1.29 is 4.74 Å². The topological polar surface area (TPSA) is 27.7 Å². The van der Waals surface area contributed by atoms with Gasteiger partial charge in [-0.05, 0) is 43.8 Å². The molecule has 0 bridgehead atoms. The Hall–Kier alpha value is -0.650. The van der Waals surface area contributed by atoms with Crippen LogP contribution in [0.1, 0.15) is 90.4 Å². The fourth-order valence-electron chi connectivity index (χ4n) is 4.62. The first-order valence-electron chi connectivity index (χ1n) is 13.3. The average molecular weight is 452 g/mol. The second-order valence-corrected chi connectivity index (χ2v) is 9.85. The van der Waals surface area contributed by atoms with E-state index in [0.717, 1.165) is 63.5 Å². The Balaban J connectivity index is 1.59. The Kier molecular flexibility index (Phi) is 15.3. The Morgan fingerprint density at radius 2 is 1.68 bits per heavy atom. The molecule has 1 saturated heterocycles. The number of hydrogen-bond donors (Lipinski definition) is 1. The highest BCUT2D eigenvalue weighted by atomic mass is 32.1. The van der Waals surface area contributed by atoms with Crippen LogP contribution in [-0.4, -0.2) is 67.4 Å². The van der Waals surface area contributed by atoms with Crippen molar-refractivity contribution >= 4 is 17.3 Å². The molecule has 1 N–H and O–H groups in total. The smallest absolute Gasteiger partial charge is 0.168 e. The van der Waals surface area contributed by atoms with Gasteiger partial charge in [0.15, 0.2) is 5.11 Å². The van der Waals surface area contributed by atoms with Gasteiger partial charge < -0.3 is 15.0 Å². The van der Waals surface area contributed by atoms with Crippen LogP contribution in [-0.2, 0) is 4.74 Å². The SMILES string of the molecule is CCCCCCCCCCCCNC(=S)N(CCN1CCOCC1)CC1CC=CCC1. The quantitative estimate of drug-likeness (QED) is 0.183. The lowest BCUT2D eigenvalue weighted by atomic mass is 9.94. The zero-order valence-electron chi connectivity index (χ0n) is 20.3. The number of hydrogen-bond acceptors (Lipinski definition) is 3. The molecule has 5 heteroatoms. The molecular weight excluding hydrogens is 402 g/mol. The van der Waals surface area contributed by atoms with E-state index in [1.807, 2.05) is 0 Å². The zero-order valence-corrected chi connectivity index (χ0v) is 21.1. The fourth-order valence-corrected chi connectivity index (χ4v) is 4.88. The van der Waals surface area contributed by atoms with Crippen molar-refractivity contribution in [2.24, 2.45) is 5.92 Å². The largest absolute Gasteiger partial charge is 0.379 e. The van der Waals surface area contributed by atoms with E-state index in [2.05, 4.69) is 34.2 Å². The number of allylic oxidation sites excluding steroid dienone is 2. The molecule has 180 valence electrons. The molecule has 1 aliphatic heterocycles. The van der Waals surface area contributed by atoms with Crippen LogP contribution >= 0.6 is 12.2 Å². The predicted molar refractivity (Wildman–Crippen MR) is 138 cm³/mol. The summed E-state index contributed by atoms with van der Waals surface area (Å²) >= 11 is 5.83. The van der Waals surface area contributed by atoms with Gasteiger partial charge in [0.05, 0.1) is 13.2 Å². The van der Waals surface area contributed by atoms with Gasteiger partial charge in [0, 0.05) is 39.3 Å². The molecule has 0 amide bonds. The van der Waals surface area contributed by atoms with Gasteiger partial charge in [-0.15, -0.1) is 0 Å². The van der Waals surface area contributed by atoms with E-state index in [4.69, 9.17) is 17.0 Å². The van der Waals surface area contributed by atoms with E-state index >= 15 is 0 Å². The Labute approximate surface area is 198 Å². The molecule has 2 rings (SSSR count). The summed E-state index contributed by atoms with van der Waals surface area (Å²) in [5.74, 6) is 0.742. The van der Waals surface area contributed by atoms with Crippen LogP contribution in [0.2, 0.25) is 0 Å². The van der Waals surface area contributed by atoms with Gasteiger partial charge in [0.25, 0.3) is 0 Å². The summed E-state index contributed by atoms with van der Waals surface area (Å²) in [6.45, 7) is 10.4. The van der Waals surface area contributed by atoms with E-state index in [9.17, 15) is 0 Å². The summed E-state index contributed by atoms with van der Waals surface area (Å²) in [6, 6.07) is 0. The van der Waals surface area contributed by atoms with Gasteiger partial charge in [-0.3, -0.25) is 4.90 Å². The van der Waals surface area contributed by atoms with Gasteiger partial charge in [-0.2, -0.15) is 0 Å². The molecule has 1 atom stereocenters. The average Bonchev–Trinajstić information content (AvgIpc) is 2.81. The minimum Gasteiger partial charge on any atom is -0.379 e. The van der Waals surface area contributed by atoms with E-state index < -0.39 is 0 Å². The number of thiocarbonyl (C=S) groups is 1. The van der Waals surface area contributed by atoms with Gasteiger partial charge >= 0.3 is 0 Å². The highest BCUT2D eigenvalue weighted by molar-refractivity contribution is 7.80. The number of nitrogens with one attached hydrogen (secondary N) is 1. The highest BCUT2D eigenvalue weighted by Crippen LogP contribution is 2.19. The molecule has 0 radical (unpaired) electrons. The standard InChI is InChI=1S/C26H49N3OS/c1-2-3-4-5-6-7-8-9-10-14-17-27-26(31)29(24-25-15-12-11-13-16-25)19-18-28-20-22-30-23-21-28/h11-12,25H,2-10,13-24H2,1H3,(H,27,31). The molecular formula is C26H49N3OS. The van der Waals surface area contributed by atoms with Crippen molar-refractivity contribution in [2.45, 2.75) is 90.4 Å². The van der Waals surface area contributed by atoms with Crippen molar-refractivity contribution in [3.8, 4) is 0 Å². The van der Waals surface area contributed by atoms with Crippen LogP contribution in [0.25, 0.3) is 0 Å². The van der Waals surface area contributed by atoms with Gasteiger partial charge in [-0.25, -0.2) is 0 Å². The third-order valence-corrected chi connectivity index (χ3v) is 7.14. The van der Waals surface area contributed by atoms with E-state index in [-0.39, 0.29) is 0 Å². The van der Waals surface area contributed by atoms with Crippen LogP contribution in [0.15, 0.2) is 12.2 Å². The molecule has 0 saturated carbocycles. The first-order chi connectivity index (χ1) is 15.3. The van der Waals surface area contributed by atoms with E-state index in [0.29, 0.717) is 0 Å². The van der Waals surface area contributed by atoms with Crippen LogP contribution in [0.3, 0.4) is 0 Å². The Morgan fingerprint density at radius 3 is 2.32 bits per heavy atom. The highest BCUT2D eigenvalue weighted by Gasteiger charge is 2.19. The van der Waals surface area contributed by atoms with Gasteiger partial charge in [0.2, 0.25) is 0 Å². The molecule has 1 aliphatic carbocycles. The maximum Gasteiger partial charge on any atom is 0.168 e. The van der Waals surface area contributed by atoms with Crippen LogP contribution in [0.4, 0.5) is 0 Å². The van der Waals surface area contributed by atoms with Crippen molar-refractivity contribution in [3.05, 3.63) is 12.2 Å². The van der Waals surface area contributed by atoms with Crippen LogP contribution < -0.4 is 5.32 Å². The first kappa shape index (κ1) is 26.6. The van der Waals surface area contributed by atoms with Crippen LogP contribution in [0, 0.1) is 5.92 Å². The minimum atomic E-state index is 0.742. The van der Waals surface area contributed by atoms with Crippen molar-refractivity contribution in [2.75, 3.05) is 52.5 Å². The summed E-state index contributed by atoms with van der Waals surface area (Å²) in [5, 5.41) is 4.55. The number of ether oxygens (including phenoxy) is 1. The number of rotatable bonds is 16. The lowest BCUT2D eigenvalue weighted by Crippen LogP contribution is -2.47. The molecule has 4 nitrogen and oxygen atoms in total. The second kappa shape index (κ2) is 17.9. The molecule has 0 aromatic heterocycles. The van der Waals surface area contributed by atoms with Crippen molar-refractivity contribution in [1.29, 1.82) is 0 Å². The Morgan fingerprint density at radius 1 is 1.00 bits per heavy atom. The lowest BCUT2D eigenvalue weighted by molar-refractivity contribution is 0.0355. The molecule has 31 heavy (non-hydrogen) atoms. The normalized spacial score (nSPS) is 19.5. The molecule has 1 unspecified atom stereocenters. The summed E-state index contributed by atoms with van der Waals surface area (Å²) in [5.41, 5.74) is 0. The molecule has 1 fully saturated rings. The monoisotopic (exact) mass is 451 g/mol. The zero-order chi connectivity index (χ0) is 22.0. The van der Waals surface area contributed by atoms with Gasteiger partial charge in [0.1, 0.15) is 0 Å². The maximum absolute atomic E-state index is 5.83. The van der Waals surface area contributed by atoms with Gasteiger partial charge in [-0.1, -0.05) is 76.9 Å². The summed E-state index contributed by atoms with van der Waals surface area (Å²) in [4.78, 5) is 4.97. The molecule has 0 aromatic rings. The number of morpholine rings is 1. The number of nitrogens with zero attached hydrogens (tertiary/aromatic N) is 2. The Bertz CT molecular complexity index is 479. The summed E-state index contributed by atoms with van der Waals surface area (Å²) < 4.78 is 5.50. The molecule has 1 heterocycles. The maximum atomic E-state index is 5.83. The molecule has 0 aromatic carbocycles. The third-order valence-electron chi connectivity index (χ3n) is 6.74. The second-order valence-electron chi connectivity index (χ2n) is 9.46. The third kappa shape index (κ3) is 12.8. The summed E-state index contributed by atoms with van der Waals surface area (Å²) in [6.07, 6.45) is 22.2. The molecule has 0 spiro atoms. The van der Waals surface area contributed by atoms with Crippen molar-refractivity contribution in [3.63, 3.8) is 0 Å². The first-order valence-corrected chi connectivity index (χ1v) is 13.7. The fraction of sp³-hybridized carbons (Fsp3) is 0.885. The predicted octanol–water partition coefficient (Wildman–Crippen LogP) is 5.77. The number of unbranched alkanes of at least 4 members (excludes halogenated alkanes) is 9. The van der Waals surface area contributed by atoms with E-state index in [1.54, 1.807) is 0 Å². The van der Waals surface area contributed by atoms with Crippen molar-refractivity contribution in [1.82, 2.24) is 15.1 Å². The van der Waals surface area contributed by atoms with E-state index in [1.165, 1.54) is 83.5 Å². The molecule has 2 aliphatic rings. The lowest BCUT2D eigenvalue weighted by Gasteiger charge is -2.34.